The van der Waals surface area contributed by atoms with Gasteiger partial charge in [0.2, 0.25) is 0 Å². The third-order valence-electron chi connectivity index (χ3n) is 5.09. The molecular weight excluding hydrogens is 444 g/mol. The fraction of sp³-hybridized carbons (Fsp3) is 0.345. The molecule has 6 heteroatoms. The van der Waals surface area contributed by atoms with Crippen LogP contribution in [0.2, 0.25) is 0 Å². The molecule has 0 spiro atoms. The average Bonchev–Trinajstić information content (AvgIpc) is 2.80. The zero-order valence-corrected chi connectivity index (χ0v) is 21.2. The van der Waals surface area contributed by atoms with E-state index in [2.05, 4.69) is 13.2 Å². The first-order valence-corrected chi connectivity index (χ1v) is 11.4. The fourth-order valence-corrected chi connectivity index (χ4v) is 2.94. The van der Waals surface area contributed by atoms with Gasteiger partial charge in [-0.15, -0.1) is 0 Å². The van der Waals surface area contributed by atoms with Crippen molar-refractivity contribution in [3.8, 4) is 16.9 Å². The van der Waals surface area contributed by atoms with Crippen molar-refractivity contribution in [2.24, 2.45) is 11.3 Å². The van der Waals surface area contributed by atoms with E-state index in [1.165, 1.54) is 0 Å². The van der Waals surface area contributed by atoms with Crippen LogP contribution >= 0.6 is 0 Å². The van der Waals surface area contributed by atoms with Gasteiger partial charge in [-0.1, -0.05) is 49.6 Å². The standard InChI is InChI=1S/C29H34O6/c1-19(2)26(30)33-17-22(18-34-27(31)20(3)4)16-21-8-10-23(11-9-21)24-12-14-25(15-13-24)35-28(32)29(5,6)7/h8-15,22H,1,3,16-18H2,2,4-7H3. The second-order valence-corrected chi connectivity index (χ2v) is 9.69. The Morgan fingerprint density at radius 1 is 0.771 bits per heavy atom. The monoisotopic (exact) mass is 478 g/mol. The van der Waals surface area contributed by atoms with Crippen LogP contribution in [0.4, 0.5) is 0 Å². The van der Waals surface area contributed by atoms with E-state index in [4.69, 9.17) is 14.2 Å². The molecule has 0 radical (unpaired) electrons. The Hall–Kier alpha value is -3.67. The SMILES string of the molecule is C=C(C)C(=O)OCC(COC(=O)C(=C)C)Cc1ccc(-c2ccc(OC(=O)C(C)(C)C)cc2)cc1. The maximum atomic E-state index is 12.1. The Morgan fingerprint density at radius 3 is 1.60 bits per heavy atom. The molecule has 0 fully saturated rings. The van der Waals surface area contributed by atoms with Crippen LogP contribution in [0.1, 0.15) is 40.2 Å². The lowest BCUT2D eigenvalue weighted by molar-refractivity contribution is -0.144. The highest BCUT2D eigenvalue weighted by Gasteiger charge is 2.23. The van der Waals surface area contributed by atoms with Gasteiger partial charge in [0.05, 0.1) is 18.6 Å². The molecule has 2 aromatic rings. The molecule has 0 saturated carbocycles. The Balaban J connectivity index is 2.06. The molecule has 0 amide bonds. The van der Waals surface area contributed by atoms with Crippen LogP contribution < -0.4 is 4.74 Å². The summed E-state index contributed by atoms with van der Waals surface area (Å²) in [6, 6.07) is 15.3. The molecule has 0 saturated heterocycles. The van der Waals surface area contributed by atoms with Gasteiger partial charge in [-0.3, -0.25) is 4.79 Å². The topological polar surface area (TPSA) is 78.9 Å². The number of carbonyl (C=O) groups excluding carboxylic acids is 3. The van der Waals surface area contributed by atoms with Crippen LogP contribution in [-0.4, -0.2) is 31.1 Å². The van der Waals surface area contributed by atoms with E-state index in [0.717, 1.165) is 16.7 Å². The van der Waals surface area contributed by atoms with E-state index in [1.54, 1.807) is 26.0 Å². The molecule has 0 atom stereocenters. The Bertz CT molecular complexity index is 1040. The van der Waals surface area contributed by atoms with Crippen LogP contribution in [0.5, 0.6) is 5.75 Å². The van der Waals surface area contributed by atoms with Gasteiger partial charge in [-0.2, -0.15) is 0 Å². The third kappa shape index (κ3) is 8.89. The third-order valence-corrected chi connectivity index (χ3v) is 5.09. The lowest BCUT2D eigenvalue weighted by Crippen LogP contribution is -2.25. The molecule has 0 aliphatic heterocycles. The van der Waals surface area contributed by atoms with Crippen molar-refractivity contribution < 1.29 is 28.6 Å². The number of rotatable bonds is 10. The van der Waals surface area contributed by atoms with Crippen LogP contribution in [0.15, 0.2) is 72.8 Å². The van der Waals surface area contributed by atoms with E-state index in [1.807, 2.05) is 57.2 Å². The van der Waals surface area contributed by atoms with Crippen molar-refractivity contribution in [3.63, 3.8) is 0 Å². The van der Waals surface area contributed by atoms with Gasteiger partial charge in [0, 0.05) is 17.1 Å². The lowest BCUT2D eigenvalue weighted by Gasteiger charge is -2.18. The minimum absolute atomic E-state index is 0.103. The average molecular weight is 479 g/mol. The quantitative estimate of drug-likeness (QED) is 0.248. The van der Waals surface area contributed by atoms with Crippen LogP contribution in [0, 0.1) is 11.3 Å². The molecule has 6 nitrogen and oxygen atoms in total. The molecule has 35 heavy (non-hydrogen) atoms. The number of carbonyl (C=O) groups is 3. The predicted molar refractivity (Wildman–Crippen MR) is 136 cm³/mol. The number of hydrogen-bond donors (Lipinski definition) is 0. The molecule has 0 aromatic heterocycles. The van der Waals surface area contributed by atoms with Gasteiger partial charge in [-0.25, -0.2) is 9.59 Å². The first-order chi connectivity index (χ1) is 16.4. The van der Waals surface area contributed by atoms with Crippen molar-refractivity contribution in [1.29, 1.82) is 0 Å². The summed E-state index contributed by atoms with van der Waals surface area (Å²) >= 11 is 0. The molecular formula is C29H34O6. The largest absolute Gasteiger partial charge is 0.462 e. The first kappa shape index (κ1) is 27.6. The predicted octanol–water partition coefficient (Wildman–Crippen LogP) is 5.70. The molecule has 186 valence electrons. The van der Waals surface area contributed by atoms with Crippen LogP contribution in [0.3, 0.4) is 0 Å². The lowest BCUT2D eigenvalue weighted by atomic mass is 9.97. The highest BCUT2D eigenvalue weighted by molar-refractivity contribution is 5.87. The Labute approximate surface area is 207 Å². The van der Waals surface area contributed by atoms with Crippen molar-refractivity contribution >= 4 is 17.9 Å². The van der Waals surface area contributed by atoms with Gasteiger partial charge in [0.15, 0.2) is 0 Å². The summed E-state index contributed by atoms with van der Waals surface area (Å²) in [6.45, 7) is 16.0. The summed E-state index contributed by atoms with van der Waals surface area (Å²) < 4.78 is 16.0. The summed E-state index contributed by atoms with van der Waals surface area (Å²) in [4.78, 5) is 35.7. The normalized spacial score (nSPS) is 11.0. The Morgan fingerprint density at radius 2 is 1.20 bits per heavy atom. The van der Waals surface area contributed by atoms with Crippen molar-refractivity contribution in [3.05, 3.63) is 78.4 Å². The van der Waals surface area contributed by atoms with Gasteiger partial charge < -0.3 is 14.2 Å². The summed E-state index contributed by atoms with van der Waals surface area (Å²) in [7, 11) is 0. The molecule has 2 rings (SSSR count). The molecule has 0 aliphatic rings. The van der Waals surface area contributed by atoms with Crippen LogP contribution in [-0.2, 0) is 30.3 Å². The molecule has 0 aliphatic carbocycles. The zero-order chi connectivity index (χ0) is 26.2. The highest BCUT2D eigenvalue weighted by atomic mass is 16.5. The summed E-state index contributed by atoms with van der Waals surface area (Å²) in [5.74, 6) is -0.959. The molecule has 0 bridgehead atoms. The van der Waals surface area contributed by atoms with Crippen molar-refractivity contribution in [2.75, 3.05) is 13.2 Å². The van der Waals surface area contributed by atoms with Crippen molar-refractivity contribution in [1.82, 2.24) is 0 Å². The summed E-state index contributed by atoms with van der Waals surface area (Å²) in [5.41, 5.74) is 3.04. The molecule has 0 unspecified atom stereocenters. The van der Waals surface area contributed by atoms with E-state index in [9.17, 15) is 14.4 Å². The second-order valence-electron chi connectivity index (χ2n) is 9.69. The minimum Gasteiger partial charge on any atom is -0.462 e. The van der Waals surface area contributed by atoms with Gasteiger partial charge in [-0.05, 0) is 69.9 Å². The molecule has 0 N–H and O–H groups in total. The maximum Gasteiger partial charge on any atom is 0.333 e. The number of hydrogen-bond acceptors (Lipinski definition) is 6. The zero-order valence-electron chi connectivity index (χ0n) is 21.2. The van der Waals surface area contributed by atoms with E-state index in [0.29, 0.717) is 23.3 Å². The fourth-order valence-electron chi connectivity index (χ4n) is 2.94. The van der Waals surface area contributed by atoms with Gasteiger partial charge in [0.1, 0.15) is 5.75 Å². The Kier molecular flexibility index (Phi) is 9.58. The maximum absolute atomic E-state index is 12.1. The second kappa shape index (κ2) is 12.2. The van der Waals surface area contributed by atoms with E-state index < -0.39 is 17.4 Å². The van der Waals surface area contributed by atoms with Gasteiger partial charge >= 0.3 is 17.9 Å². The minimum atomic E-state index is -0.571. The van der Waals surface area contributed by atoms with E-state index in [-0.39, 0.29) is 25.1 Å². The first-order valence-electron chi connectivity index (χ1n) is 11.4. The highest BCUT2D eigenvalue weighted by Crippen LogP contribution is 2.25. The number of esters is 3. The van der Waals surface area contributed by atoms with Crippen LogP contribution in [0.25, 0.3) is 11.1 Å². The van der Waals surface area contributed by atoms with Gasteiger partial charge in [0.25, 0.3) is 0 Å². The summed E-state index contributed by atoms with van der Waals surface area (Å²) in [6.07, 6.45) is 0.551. The number of benzene rings is 2. The number of ether oxygens (including phenoxy) is 3. The van der Waals surface area contributed by atoms with Crippen molar-refractivity contribution in [2.45, 2.75) is 41.0 Å². The van der Waals surface area contributed by atoms with E-state index >= 15 is 0 Å². The smallest absolute Gasteiger partial charge is 0.333 e. The molecule has 0 heterocycles. The molecule has 2 aromatic carbocycles. The summed E-state index contributed by atoms with van der Waals surface area (Å²) in [5, 5.41) is 0.